The molecule has 2 fully saturated rings. The van der Waals surface area contributed by atoms with E-state index in [0.717, 1.165) is 12.0 Å². The molecule has 0 aromatic heterocycles. The second-order valence-electron chi connectivity index (χ2n) is 12.5. The number of carbonyl (C=O) groups is 1. The summed E-state index contributed by atoms with van der Waals surface area (Å²) in [6.07, 6.45) is 0.437. The van der Waals surface area contributed by atoms with Crippen LogP contribution in [0.4, 0.5) is 4.79 Å². The number of nitrogens with zero attached hydrogens (tertiary/aromatic N) is 1. The Hall–Kier alpha value is -0.828. The van der Waals surface area contributed by atoms with Gasteiger partial charge in [-0.2, -0.15) is 0 Å². The molecule has 1 amide bonds. The fraction of sp³-hybridized carbons (Fsp3) is 0.870. The van der Waals surface area contributed by atoms with Gasteiger partial charge < -0.3 is 18.5 Å². The largest absolute Gasteiger partial charge is 0.487 e. The van der Waals surface area contributed by atoms with Gasteiger partial charge in [-0.25, -0.2) is 4.79 Å². The normalized spacial score (nSPS) is 25.4. The summed E-state index contributed by atoms with van der Waals surface area (Å²) in [6, 6.07) is -0.0577. The minimum absolute atomic E-state index is 0.0577. The third kappa shape index (κ3) is 6.36. The van der Waals surface area contributed by atoms with Crippen LogP contribution in [-0.4, -0.2) is 62.4 Å². The lowest BCUT2D eigenvalue weighted by Gasteiger charge is -2.38. The molecule has 2 rings (SSSR count). The van der Waals surface area contributed by atoms with Gasteiger partial charge in [-0.1, -0.05) is 32.3 Å². The van der Waals surface area contributed by atoms with Crippen molar-refractivity contribution in [1.82, 2.24) is 4.90 Å². The summed E-state index contributed by atoms with van der Waals surface area (Å²) < 4.78 is 24.4. The van der Waals surface area contributed by atoms with Crippen molar-refractivity contribution in [3.05, 3.63) is 11.5 Å². The zero-order valence-corrected chi connectivity index (χ0v) is 22.8. The fourth-order valence-electron chi connectivity index (χ4n) is 3.30. The van der Waals surface area contributed by atoms with E-state index in [9.17, 15) is 4.79 Å². The van der Waals surface area contributed by atoms with Crippen molar-refractivity contribution in [3.63, 3.8) is 0 Å². The van der Waals surface area contributed by atoms with Gasteiger partial charge in [0.2, 0.25) is 0 Å². The van der Waals surface area contributed by atoms with E-state index >= 15 is 0 Å². The van der Waals surface area contributed by atoms with Gasteiger partial charge in [-0.3, -0.25) is 4.90 Å². The Labute approximate surface area is 191 Å². The maximum atomic E-state index is 13.0. The molecule has 178 valence electrons. The highest BCUT2D eigenvalue weighted by Crippen LogP contribution is 2.39. The molecule has 2 heterocycles. The van der Waals surface area contributed by atoms with Gasteiger partial charge in [0.15, 0.2) is 8.32 Å². The molecule has 8 heteroatoms. The molecule has 31 heavy (non-hydrogen) atoms. The van der Waals surface area contributed by atoms with Gasteiger partial charge in [-0.05, 0) is 73.0 Å². The van der Waals surface area contributed by atoms with Gasteiger partial charge in [0, 0.05) is 6.54 Å². The topological polar surface area (TPSA) is 57.2 Å². The fourth-order valence-corrected chi connectivity index (χ4v) is 4.34. The minimum Gasteiger partial charge on any atom is -0.444 e. The van der Waals surface area contributed by atoms with Crippen molar-refractivity contribution in [2.24, 2.45) is 0 Å². The van der Waals surface area contributed by atoms with Gasteiger partial charge in [0.25, 0.3) is 0 Å². The van der Waals surface area contributed by atoms with Crippen molar-refractivity contribution in [3.8, 4) is 0 Å². The SMILES string of the molecule is CC(C)(C)OC(=O)N1C/C(=C\B2OC(C)(C)C(C)(C)O2)C[C@H]1CO[Si](C)(C)C(C)(C)C. The second-order valence-corrected chi connectivity index (χ2v) is 17.3. The highest BCUT2D eigenvalue weighted by atomic mass is 28.4. The molecule has 0 bridgehead atoms. The molecule has 2 saturated heterocycles. The van der Waals surface area contributed by atoms with E-state index in [1.165, 1.54) is 0 Å². The third-order valence-electron chi connectivity index (χ3n) is 7.03. The van der Waals surface area contributed by atoms with E-state index in [4.69, 9.17) is 18.5 Å². The van der Waals surface area contributed by atoms with E-state index in [-0.39, 0.29) is 28.4 Å². The zero-order chi connectivity index (χ0) is 24.0. The number of hydrogen-bond acceptors (Lipinski definition) is 5. The molecule has 6 nitrogen and oxygen atoms in total. The summed E-state index contributed by atoms with van der Waals surface area (Å²) in [7, 11) is -2.34. The van der Waals surface area contributed by atoms with E-state index in [0.29, 0.717) is 13.2 Å². The van der Waals surface area contributed by atoms with Crippen LogP contribution < -0.4 is 0 Å². The Kier molecular flexibility index (Phi) is 7.25. The predicted octanol–water partition coefficient (Wildman–Crippen LogP) is 5.58. The summed E-state index contributed by atoms with van der Waals surface area (Å²) in [5.41, 5.74) is -0.195. The predicted molar refractivity (Wildman–Crippen MR) is 129 cm³/mol. The Morgan fingerprint density at radius 1 is 1.13 bits per heavy atom. The molecule has 0 unspecified atom stereocenters. The molecular weight excluding hydrogens is 409 g/mol. The molecule has 0 N–H and O–H groups in total. The van der Waals surface area contributed by atoms with Gasteiger partial charge in [-0.15, -0.1) is 0 Å². The maximum Gasteiger partial charge on any atom is 0.487 e. The summed E-state index contributed by atoms with van der Waals surface area (Å²) >= 11 is 0. The van der Waals surface area contributed by atoms with Gasteiger partial charge in [0.05, 0.1) is 23.9 Å². The van der Waals surface area contributed by atoms with Crippen LogP contribution in [0.15, 0.2) is 11.5 Å². The third-order valence-corrected chi connectivity index (χ3v) is 11.5. The van der Waals surface area contributed by atoms with Crippen molar-refractivity contribution < 1.29 is 23.3 Å². The number of rotatable bonds is 4. The molecule has 2 aliphatic heterocycles. The smallest absolute Gasteiger partial charge is 0.444 e. The molecule has 0 spiro atoms. The first-order valence-corrected chi connectivity index (χ1v) is 14.3. The first kappa shape index (κ1) is 26.4. The summed E-state index contributed by atoms with van der Waals surface area (Å²) in [5, 5.41) is 0.115. The average molecular weight is 454 g/mol. The second kappa shape index (κ2) is 8.51. The number of amides is 1. The quantitative estimate of drug-likeness (QED) is 0.521. The van der Waals surface area contributed by atoms with Crippen LogP contribution in [-0.2, 0) is 18.5 Å². The molecule has 0 radical (unpaired) electrons. The Morgan fingerprint density at radius 3 is 2.10 bits per heavy atom. The monoisotopic (exact) mass is 453 g/mol. The number of ether oxygens (including phenoxy) is 1. The summed E-state index contributed by atoms with van der Waals surface area (Å²) in [6.45, 7) is 26.0. The zero-order valence-electron chi connectivity index (χ0n) is 21.8. The summed E-state index contributed by atoms with van der Waals surface area (Å²) in [5.74, 6) is 2.03. The highest BCUT2D eigenvalue weighted by molar-refractivity contribution is 6.74. The average Bonchev–Trinajstić information content (AvgIpc) is 3.00. The lowest BCUT2D eigenvalue weighted by atomic mass is 9.86. The Morgan fingerprint density at radius 2 is 1.65 bits per heavy atom. The summed E-state index contributed by atoms with van der Waals surface area (Å²) in [4.78, 5) is 14.8. The van der Waals surface area contributed by atoms with E-state index in [2.05, 4.69) is 33.9 Å². The first-order valence-electron chi connectivity index (χ1n) is 11.4. The van der Waals surface area contributed by atoms with Crippen molar-refractivity contribution in [2.75, 3.05) is 13.2 Å². The van der Waals surface area contributed by atoms with Gasteiger partial charge in [0.1, 0.15) is 5.60 Å². The van der Waals surface area contributed by atoms with Crippen molar-refractivity contribution in [1.29, 1.82) is 0 Å². The molecule has 2 aliphatic rings. The molecule has 0 saturated carbocycles. The van der Waals surface area contributed by atoms with E-state index in [1.807, 2.05) is 54.4 Å². The van der Waals surface area contributed by atoms with Crippen LogP contribution in [0.25, 0.3) is 0 Å². The van der Waals surface area contributed by atoms with Crippen LogP contribution >= 0.6 is 0 Å². The molecule has 0 aromatic rings. The molecule has 0 aromatic carbocycles. The number of likely N-dealkylation sites (tertiary alicyclic amines) is 1. The Bertz CT molecular complexity index is 690. The van der Waals surface area contributed by atoms with Crippen LogP contribution in [0.3, 0.4) is 0 Å². The number of carbonyl (C=O) groups excluding carboxylic acids is 1. The van der Waals surface area contributed by atoms with Crippen LogP contribution in [0.2, 0.25) is 18.1 Å². The molecule has 1 atom stereocenters. The van der Waals surface area contributed by atoms with Gasteiger partial charge >= 0.3 is 13.2 Å². The van der Waals surface area contributed by atoms with Crippen LogP contribution in [0.1, 0.15) is 75.7 Å². The van der Waals surface area contributed by atoms with Crippen molar-refractivity contribution >= 4 is 21.5 Å². The lowest BCUT2D eigenvalue weighted by Crippen LogP contribution is -2.46. The van der Waals surface area contributed by atoms with Crippen LogP contribution in [0, 0.1) is 0 Å². The standard InChI is InChI=1S/C23H44BNO5Si/c1-20(2,3)28-19(26)25-15-17(14-24-29-22(7,8)23(9,10)30-24)13-18(25)16-27-31(11,12)21(4,5)6/h14,18H,13,15-16H2,1-12H3/b17-14-/t18-/m0/s1. The highest BCUT2D eigenvalue weighted by Gasteiger charge is 2.51. The first-order chi connectivity index (χ1) is 13.7. The van der Waals surface area contributed by atoms with E-state index < -0.39 is 21.0 Å². The molecule has 0 aliphatic carbocycles. The number of hydrogen-bond donors (Lipinski definition) is 0. The Balaban J connectivity index is 2.19. The van der Waals surface area contributed by atoms with Crippen LogP contribution in [0.5, 0.6) is 0 Å². The minimum atomic E-state index is -1.93. The molecular formula is C23H44BNO5Si. The van der Waals surface area contributed by atoms with Crippen molar-refractivity contribution in [2.45, 2.75) is 117 Å². The maximum absolute atomic E-state index is 13.0. The lowest BCUT2D eigenvalue weighted by molar-refractivity contribution is 0.00578. The van der Waals surface area contributed by atoms with E-state index in [1.54, 1.807) is 4.90 Å².